The monoisotopic (exact) mass is 837 g/mol. The van der Waals surface area contributed by atoms with Crippen LogP contribution < -0.4 is 27.0 Å². The molecule has 2 saturated carbocycles. The van der Waals surface area contributed by atoms with E-state index in [-0.39, 0.29) is 42.2 Å². The molecule has 18 nitrogen and oxygen atoms in total. The van der Waals surface area contributed by atoms with Crippen LogP contribution in [0.2, 0.25) is 0 Å². The van der Waals surface area contributed by atoms with Gasteiger partial charge in [-0.2, -0.15) is 0 Å². The minimum absolute atomic E-state index is 0.0693. The van der Waals surface area contributed by atoms with Crippen LogP contribution in [0.15, 0.2) is 30.6 Å². The Bertz CT molecular complexity index is 1810. The number of ketones is 1. The molecule has 2 heterocycles. The summed E-state index contributed by atoms with van der Waals surface area (Å²) in [7, 11) is 1.19. The number of hydrogen-bond acceptors (Lipinski definition) is 11. The van der Waals surface area contributed by atoms with E-state index in [1.165, 1.54) is 19.4 Å². The van der Waals surface area contributed by atoms with Gasteiger partial charge in [0.25, 0.3) is 5.91 Å². The molecule has 0 spiro atoms. The standard InChI is InChI=1S/C42H59N7O11/c1-42(2,3)34(48-37(54)29(17-11-12-18-31(51)60-4)45-36(53)28-22-44-20-19-27(28)41(58)59)40(57)49-23-26(50)21-30(49)38(55)47-33(25-15-9-6-10-16-25)39(56)46-32(35(43)52)24-13-7-5-8-14-24/h12,18-20,22,24-25,29-30,32-34H,5-11,13-17,21,23H2,1-4H3,(H2,43,52)(H,45,53)(H,46,56)(H,47,55)(H,48,54)(H,58,59)/b18-12+/t29-,30-,32-,33-,34+/m0/s1. The lowest BCUT2D eigenvalue weighted by Gasteiger charge is -2.37. The third-order valence-electron chi connectivity index (χ3n) is 11.6. The lowest BCUT2D eigenvalue weighted by molar-refractivity contribution is -0.145. The number of likely N-dealkylation sites (tertiary alicyclic amines) is 1. The molecule has 3 aliphatic rings. The molecule has 1 saturated heterocycles. The predicted octanol–water partition coefficient (Wildman–Crippen LogP) is 1.70. The first-order valence-electron chi connectivity index (χ1n) is 20.7. The number of nitrogens with zero attached hydrogens (tertiary/aromatic N) is 2. The van der Waals surface area contributed by atoms with Crippen LogP contribution in [0.5, 0.6) is 0 Å². The fourth-order valence-electron chi connectivity index (χ4n) is 8.24. The Hall–Kier alpha value is -5.68. The number of aromatic carboxylic acids is 1. The maximum Gasteiger partial charge on any atom is 0.336 e. The van der Waals surface area contributed by atoms with Crippen LogP contribution in [-0.4, -0.2) is 112 Å². The van der Waals surface area contributed by atoms with E-state index in [1.807, 2.05) is 0 Å². The Kier molecular flexibility index (Phi) is 16.9. The number of Topliss-reactive ketones (excluding diaryl/α,β-unsaturated/α-hetero) is 1. The molecule has 0 bridgehead atoms. The minimum atomic E-state index is -1.40. The highest BCUT2D eigenvalue weighted by Gasteiger charge is 2.46. The lowest BCUT2D eigenvalue weighted by Crippen LogP contribution is -2.62. The largest absolute Gasteiger partial charge is 0.478 e. The number of amides is 6. The zero-order valence-corrected chi connectivity index (χ0v) is 34.8. The van der Waals surface area contributed by atoms with Crippen molar-refractivity contribution in [2.75, 3.05) is 13.7 Å². The summed E-state index contributed by atoms with van der Waals surface area (Å²) >= 11 is 0. The Morgan fingerprint density at radius 3 is 2.07 bits per heavy atom. The normalized spacial score (nSPS) is 19.7. The van der Waals surface area contributed by atoms with Gasteiger partial charge in [-0.25, -0.2) is 9.59 Å². The lowest BCUT2D eigenvalue weighted by atomic mass is 9.81. The van der Waals surface area contributed by atoms with E-state index < -0.39 is 95.3 Å². The van der Waals surface area contributed by atoms with Crippen LogP contribution in [0.3, 0.4) is 0 Å². The van der Waals surface area contributed by atoms with Gasteiger partial charge in [0, 0.05) is 24.9 Å². The number of hydrogen-bond donors (Lipinski definition) is 6. The molecular formula is C42H59N7O11. The average molecular weight is 838 g/mol. The molecular weight excluding hydrogens is 778 g/mol. The molecule has 60 heavy (non-hydrogen) atoms. The highest BCUT2D eigenvalue weighted by molar-refractivity contribution is 6.06. The van der Waals surface area contributed by atoms with Gasteiger partial charge in [-0.15, -0.1) is 0 Å². The Morgan fingerprint density at radius 2 is 1.50 bits per heavy atom. The van der Waals surface area contributed by atoms with Crippen LogP contribution in [0, 0.1) is 17.3 Å². The summed E-state index contributed by atoms with van der Waals surface area (Å²) in [6.45, 7) is 4.54. The van der Waals surface area contributed by atoms with Gasteiger partial charge in [0.05, 0.1) is 24.8 Å². The highest BCUT2D eigenvalue weighted by atomic mass is 16.5. The number of nitrogens with one attached hydrogen (secondary N) is 4. The molecule has 6 amide bonds. The fourth-order valence-corrected chi connectivity index (χ4v) is 8.24. The molecule has 328 valence electrons. The number of primary amides is 1. The molecule has 5 atom stereocenters. The summed E-state index contributed by atoms with van der Waals surface area (Å²) in [4.78, 5) is 124. The molecule has 0 unspecified atom stereocenters. The van der Waals surface area contributed by atoms with Crippen LogP contribution >= 0.6 is 0 Å². The molecule has 1 aliphatic heterocycles. The number of pyridine rings is 1. The average Bonchev–Trinajstić information content (AvgIpc) is 3.63. The number of carboxylic acid groups (broad SMARTS) is 1. The zero-order chi connectivity index (χ0) is 44.1. The molecule has 18 heteroatoms. The van der Waals surface area contributed by atoms with Crippen molar-refractivity contribution in [3.05, 3.63) is 41.7 Å². The van der Waals surface area contributed by atoms with Crippen LogP contribution in [0.4, 0.5) is 0 Å². The maximum absolute atomic E-state index is 14.5. The first-order valence-corrected chi connectivity index (χ1v) is 20.7. The van der Waals surface area contributed by atoms with E-state index in [1.54, 1.807) is 20.8 Å². The SMILES string of the molecule is COC(=O)/C=C/CC[C@H](NC(=O)c1cnccc1C(=O)O)C(=O)N[C@H](C(=O)N1CC(=O)C[C@H]1C(=O)N[C@H](C(=O)N[C@H](C(N)=O)C1CCCCC1)C1CCCCC1)C(C)(C)C. The number of methoxy groups -OCH3 is 1. The molecule has 2 aliphatic carbocycles. The number of carbonyl (C=O) groups excluding carboxylic acids is 8. The second-order valence-corrected chi connectivity index (χ2v) is 17.0. The second-order valence-electron chi connectivity index (χ2n) is 17.0. The smallest absolute Gasteiger partial charge is 0.336 e. The van der Waals surface area contributed by atoms with Crippen LogP contribution in [-0.2, 0) is 38.3 Å². The van der Waals surface area contributed by atoms with E-state index in [0.29, 0.717) is 12.8 Å². The van der Waals surface area contributed by atoms with Gasteiger partial charge < -0.3 is 41.7 Å². The summed E-state index contributed by atoms with van der Waals surface area (Å²) in [5.41, 5.74) is 4.07. The van der Waals surface area contributed by atoms with Crippen molar-refractivity contribution in [3.63, 3.8) is 0 Å². The molecule has 1 aromatic heterocycles. The molecule has 1 aromatic rings. The maximum atomic E-state index is 14.5. The molecule has 4 rings (SSSR count). The number of aromatic nitrogens is 1. The summed E-state index contributed by atoms with van der Waals surface area (Å²) in [6, 6.07) is -4.89. The predicted molar refractivity (Wildman–Crippen MR) is 216 cm³/mol. The molecule has 3 fully saturated rings. The van der Waals surface area contributed by atoms with Gasteiger partial charge in [-0.05, 0) is 61.8 Å². The number of carboxylic acids is 1. The summed E-state index contributed by atoms with van der Waals surface area (Å²) < 4.78 is 4.60. The van der Waals surface area contributed by atoms with Gasteiger partial charge in [-0.1, -0.05) is 65.4 Å². The minimum Gasteiger partial charge on any atom is -0.478 e. The Balaban J connectivity index is 1.57. The molecule has 0 radical (unpaired) electrons. The Labute approximate surface area is 349 Å². The second kappa shape index (κ2) is 21.5. The van der Waals surface area contributed by atoms with Crippen molar-refractivity contribution in [1.82, 2.24) is 31.2 Å². The topological polar surface area (TPSA) is 273 Å². The van der Waals surface area contributed by atoms with E-state index in [4.69, 9.17) is 5.73 Å². The number of rotatable bonds is 17. The number of allylic oxidation sites excluding steroid dienone is 1. The van der Waals surface area contributed by atoms with Crippen molar-refractivity contribution in [1.29, 1.82) is 0 Å². The third-order valence-corrected chi connectivity index (χ3v) is 11.6. The first-order chi connectivity index (χ1) is 28.4. The number of carbonyl (C=O) groups is 9. The van der Waals surface area contributed by atoms with Gasteiger partial charge >= 0.3 is 11.9 Å². The van der Waals surface area contributed by atoms with Gasteiger partial charge in [0.2, 0.25) is 29.5 Å². The number of ether oxygens (including phenoxy) is 1. The first kappa shape index (κ1) is 47.0. The van der Waals surface area contributed by atoms with Crippen molar-refractivity contribution in [2.45, 2.75) is 134 Å². The van der Waals surface area contributed by atoms with Crippen LogP contribution in [0.1, 0.15) is 125 Å². The Morgan fingerprint density at radius 1 is 0.883 bits per heavy atom. The number of esters is 1. The summed E-state index contributed by atoms with van der Waals surface area (Å²) in [6.07, 6.45) is 12.6. The quantitative estimate of drug-likeness (QED) is 0.0967. The molecule has 7 N–H and O–H groups in total. The van der Waals surface area contributed by atoms with Crippen molar-refractivity contribution >= 4 is 53.2 Å². The van der Waals surface area contributed by atoms with Crippen molar-refractivity contribution < 1.29 is 53.0 Å². The van der Waals surface area contributed by atoms with E-state index in [9.17, 15) is 48.3 Å². The summed E-state index contributed by atoms with van der Waals surface area (Å²) in [5.74, 6) is -7.35. The van der Waals surface area contributed by atoms with E-state index >= 15 is 0 Å². The molecule has 0 aromatic carbocycles. The van der Waals surface area contributed by atoms with E-state index in [0.717, 1.165) is 74.6 Å². The van der Waals surface area contributed by atoms with Gasteiger partial charge in [-0.3, -0.25) is 38.5 Å². The van der Waals surface area contributed by atoms with Crippen molar-refractivity contribution in [3.8, 4) is 0 Å². The number of nitrogens with two attached hydrogens (primary N) is 1. The highest BCUT2D eigenvalue weighted by Crippen LogP contribution is 2.30. The van der Waals surface area contributed by atoms with Crippen molar-refractivity contribution in [2.24, 2.45) is 23.0 Å². The fraction of sp³-hybridized carbons (Fsp3) is 0.619. The van der Waals surface area contributed by atoms with Crippen LogP contribution in [0.25, 0.3) is 0 Å². The van der Waals surface area contributed by atoms with E-state index in [2.05, 4.69) is 31.0 Å². The zero-order valence-electron chi connectivity index (χ0n) is 34.8. The van der Waals surface area contributed by atoms with Gasteiger partial charge in [0.1, 0.15) is 30.2 Å². The summed E-state index contributed by atoms with van der Waals surface area (Å²) in [5, 5.41) is 20.5. The third kappa shape index (κ3) is 12.7. The van der Waals surface area contributed by atoms with Gasteiger partial charge in [0.15, 0.2) is 5.78 Å².